The Labute approximate surface area is 115 Å². The van der Waals surface area contributed by atoms with Crippen molar-refractivity contribution in [2.45, 2.75) is 63.2 Å². The van der Waals surface area contributed by atoms with Crippen LogP contribution in [0.5, 0.6) is 0 Å². The van der Waals surface area contributed by atoms with E-state index in [0.717, 1.165) is 6.92 Å². The van der Waals surface area contributed by atoms with Gasteiger partial charge in [-0.3, -0.25) is 9.59 Å². The Bertz CT molecular complexity index is 407. The molecule has 0 aromatic carbocycles. The minimum atomic E-state index is -4.46. The van der Waals surface area contributed by atoms with Gasteiger partial charge in [-0.1, -0.05) is 0 Å². The summed E-state index contributed by atoms with van der Waals surface area (Å²) in [6.45, 7) is 1.04. The summed E-state index contributed by atoms with van der Waals surface area (Å²) >= 11 is 0. The number of halogens is 3. The Morgan fingerprint density at radius 3 is 2.50 bits per heavy atom. The zero-order valence-electron chi connectivity index (χ0n) is 11.3. The van der Waals surface area contributed by atoms with Crippen molar-refractivity contribution in [1.82, 2.24) is 10.6 Å². The molecule has 20 heavy (non-hydrogen) atoms. The summed E-state index contributed by atoms with van der Waals surface area (Å²) in [5.74, 6) is -1.33. The summed E-state index contributed by atoms with van der Waals surface area (Å²) in [7, 11) is 0. The average molecular weight is 292 g/mol. The summed E-state index contributed by atoms with van der Waals surface area (Å²) in [6, 6.07) is -0.354. The van der Waals surface area contributed by atoms with Gasteiger partial charge in [0.1, 0.15) is 5.54 Å². The molecule has 2 atom stereocenters. The summed E-state index contributed by atoms with van der Waals surface area (Å²) < 4.78 is 39.3. The van der Waals surface area contributed by atoms with Crippen LogP contribution in [0.25, 0.3) is 0 Å². The molecular formula is C13H19F3N2O2. The van der Waals surface area contributed by atoms with Crippen molar-refractivity contribution in [3.63, 3.8) is 0 Å². The van der Waals surface area contributed by atoms with E-state index >= 15 is 0 Å². The molecule has 1 aliphatic heterocycles. The zero-order chi connectivity index (χ0) is 15.0. The fourth-order valence-electron chi connectivity index (χ4n) is 2.66. The van der Waals surface area contributed by atoms with Gasteiger partial charge in [0.05, 0.1) is 0 Å². The van der Waals surface area contributed by atoms with Crippen LogP contribution < -0.4 is 10.6 Å². The van der Waals surface area contributed by atoms with Gasteiger partial charge in [0.25, 0.3) is 0 Å². The Balaban J connectivity index is 1.94. The normalized spacial score (nSPS) is 26.6. The zero-order valence-corrected chi connectivity index (χ0v) is 11.3. The van der Waals surface area contributed by atoms with Crippen LogP contribution in [0, 0.1) is 5.92 Å². The van der Waals surface area contributed by atoms with Crippen LogP contribution in [-0.2, 0) is 9.59 Å². The standard InChI is InChI=1S/C13H19F3N2O2/c1-12(8-5-6-8,13(14,15)16)18-11(20)7-9-3-2-4-10(19)17-9/h8-9H,2-7H2,1H3,(H,17,19)(H,18,20). The molecule has 2 aliphatic rings. The number of piperidine rings is 1. The van der Waals surface area contributed by atoms with Gasteiger partial charge in [-0.2, -0.15) is 13.2 Å². The highest BCUT2D eigenvalue weighted by Crippen LogP contribution is 2.48. The van der Waals surface area contributed by atoms with Crippen LogP contribution >= 0.6 is 0 Å². The minimum absolute atomic E-state index is 0.0931. The van der Waals surface area contributed by atoms with Crippen molar-refractivity contribution in [2.24, 2.45) is 5.92 Å². The maximum Gasteiger partial charge on any atom is 0.411 e. The minimum Gasteiger partial charge on any atom is -0.353 e. The quantitative estimate of drug-likeness (QED) is 0.831. The smallest absolute Gasteiger partial charge is 0.353 e. The maximum absolute atomic E-state index is 13.1. The lowest BCUT2D eigenvalue weighted by atomic mass is 9.93. The number of hydrogen-bond donors (Lipinski definition) is 2. The molecule has 7 heteroatoms. The fourth-order valence-corrected chi connectivity index (χ4v) is 2.66. The molecule has 2 fully saturated rings. The lowest BCUT2D eigenvalue weighted by Crippen LogP contribution is -2.59. The van der Waals surface area contributed by atoms with E-state index in [1.165, 1.54) is 0 Å². The first-order valence-electron chi connectivity index (χ1n) is 6.89. The molecule has 2 unspecified atom stereocenters. The molecule has 2 amide bonds. The van der Waals surface area contributed by atoms with Crippen LogP contribution in [-0.4, -0.2) is 29.6 Å². The van der Waals surface area contributed by atoms with Gasteiger partial charge in [-0.05, 0) is 38.5 Å². The fraction of sp³-hybridized carbons (Fsp3) is 0.846. The molecule has 1 saturated carbocycles. The van der Waals surface area contributed by atoms with E-state index in [1.807, 2.05) is 0 Å². The lowest BCUT2D eigenvalue weighted by Gasteiger charge is -2.34. The van der Waals surface area contributed by atoms with E-state index < -0.39 is 23.5 Å². The average Bonchev–Trinajstić information content (AvgIpc) is 3.10. The first-order chi connectivity index (χ1) is 9.22. The van der Waals surface area contributed by atoms with Crippen molar-refractivity contribution in [3.8, 4) is 0 Å². The Morgan fingerprint density at radius 2 is 2.00 bits per heavy atom. The largest absolute Gasteiger partial charge is 0.411 e. The maximum atomic E-state index is 13.1. The van der Waals surface area contributed by atoms with E-state index in [9.17, 15) is 22.8 Å². The SMILES string of the molecule is CC(NC(=O)CC1CCCC(=O)N1)(C1CC1)C(F)(F)F. The van der Waals surface area contributed by atoms with Gasteiger partial charge >= 0.3 is 6.18 Å². The molecule has 1 aliphatic carbocycles. The Kier molecular flexibility index (Phi) is 3.97. The van der Waals surface area contributed by atoms with Gasteiger partial charge in [0.2, 0.25) is 11.8 Å². The van der Waals surface area contributed by atoms with Crippen molar-refractivity contribution >= 4 is 11.8 Å². The van der Waals surface area contributed by atoms with E-state index in [1.54, 1.807) is 0 Å². The lowest BCUT2D eigenvalue weighted by molar-refractivity contribution is -0.199. The molecule has 0 aromatic heterocycles. The van der Waals surface area contributed by atoms with Crippen molar-refractivity contribution in [2.75, 3.05) is 0 Å². The second kappa shape index (κ2) is 5.26. The number of carbonyl (C=O) groups excluding carboxylic acids is 2. The van der Waals surface area contributed by atoms with Gasteiger partial charge in [-0.15, -0.1) is 0 Å². The molecule has 0 spiro atoms. The predicted molar refractivity (Wildman–Crippen MR) is 65.7 cm³/mol. The second-order valence-corrected chi connectivity index (χ2v) is 5.88. The van der Waals surface area contributed by atoms with Crippen LogP contribution in [0.2, 0.25) is 0 Å². The first-order valence-corrected chi connectivity index (χ1v) is 6.89. The van der Waals surface area contributed by atoms with Gasteiger partial charge in [0.15, 0.2) is 0 Å². The van der Waals surface area contributed by atoms with Crippen molar-refractivity contribution in [3.05, 3.63) is 0 Å². The molecule has 4 nitrogen and oxygen atoms in total. The van der Waals surface area contributed by atoms with Crippen LogP contribution in [0.3, 0.4) is 0 Å². The predicted octanol–water partition coefficient (Wildman–Crippen LogP) is 1.89. The highest BCUT2D eigenvalue weighted by atomic mass is 19.4. The Hall–Kier alpha value is -1.27. The number of hydrogen-bond acceptors (Lipinski definition) is 2. The number of rotatable bonds is 4. The van der Waals surface area contributed by atoms with E-state index in [-0.39, 0.29) is 18.4 Å². The molecule has 0 radical (unpaired) electrons. The third-order valence-corrected chi connectivity index (χ3v) is 4.14. The number of amides is 2. The molecule has 114 valence electrons. The van der Waals surface area contributed by atoms with Gasteiger partial charge < -0.3 is 10.6 Å². The molecule has 0 bridgehead atoms. The highest BCUT2D eigenvalue weighted by molar-refractivity contribution is 5.81. The van der Waals surface area contributed by atoms with Gasteiger partial charge in [0, 0.05) is 18.9 Å². The van der Waals surface area contributed by atoms with Crippen LogP contribution in [0.15, 0.2) is 0 Å². The summed E-state index contributed by atoms with van der Waals surface area (Å²) in [5, 5.41) is 4.78. The molecule has 2 rings (SSSR count). The third kappa shape index (κ3) is 3.24. The van der Waals surface area contributed by atoms with Crippen molar-refractivity contribution in [1.29, 1.82) is 0 Å². The second-order valence-electron chi connectivity index (χ2n) is 5.88. The topological polar surface area (TPSA) is 58.2 Å². The Morgan fingerprint density at radius 1 is 1.35 bits per heavy atom. The van der Waals surface area contributed by atoms with E-state index in [0.29, 0.717) is 32.1 Å². The monoisotopic (exact) mass is 292 g/mol. The van der Waals surface area contributed by atoms with Crippen LogP contribution in [0.1, 0.15) is 45.4 Å². The van der Waals surface area contributed by atoms with Crippen LogP contribution in [0.4, 0.5) is 13.2 Å². The number of nitrogens with one attached hydrogen (secondary N) is 2. The van der Waals surface area contributed by atoms with E-state index in [2.05, 4.69) is 10.6 Å². The van der Waals surface area contributed by atoms with Crippen molar-refractivity contribution < 1.29 is 22.8 Å². The third-order valence-electron chi connectivity index (χ3n) is 4.14. The molecule has 0 aromatic rings. The summed E-state index contributed by atoms with van der Waals surface area (Å²) in [6.07, 6.45) is -1.87. The summed E-state index contributed by atoms with van der Waals surface area (Å²) in [5.41, 5.74) is -2.15. The molecule has 1 saturated heterocycles. The number of alkyl halides is 3. The van der Waals surface area contributed by atoms with Gasteiger partial charge in [-0.25, -0.2) is 0 Å². The van der Waals surface area contributed by atoms with E-state index in [4.69, 9.17) is 0 Å². The highest BCUT2D eigenvalue weighted by Gasteiger charge is 2.60. The summed E-state index contributed by atoms with van der Waals surface area (Å²) in [4.78, 5) is 23.0. The molecule has 1 heterocycles. The molecule has 2 N–H and O–H groups in total. The first kappa shape index (κ1) is 15.1. The molecular weight excluding hydrogens is 273 g/mol. The number of carbonyl (C=O) groups is 2.